The Morgan fingerprint density at radius 2 is 2.00 bits per heavy atom. The number of alkyl halides is 2. The van der Waals surface area contributed by atoms with Crippen LogP contribution < -0.4 is 0 Å². The number of aliphatic carboxylic acids is 1. The molecule has 1 aliphatic carbocycles. The van der Waals surface area contributed by atoms with Crippen molar-refractivity contribution in [3.8, 4) is 0 Å². The van der Waals surface area contributed by atoms with E-state index in [9.17, 15) is 18.4 Å². The van der Waals surface area contributed by atoms with Crippen LogP contribution in [0.25, 0.3) is 0 Å². The molecule has 0 aromatic heterocycles. The molecule has 1 saturated heterocycles. The molecule has 1 aliphatic heterocycles. The van der Waals surface area contributed by atoms with E-state index in [2.05, 4.69) is 0 Å². The van der Waals surface area contributed by atoms with Gasteiger partial charge < -0.3 is 14.6 Å². The molecule has 3 atom stereocenters. The minimum Gasteiger partial charge on any atom is -0.480 e. The quantitative estimate of drug-likeness (QED) is 0.777. The number of carbonyl (C=O) groups is 2. The first-order chi connectivity index (χ1) is 8.55. The van der Waals surface area contributed by atoms with E-state index < -0.39 is 48.4 Å². The number of ether oxygens (including phenoxy) is 2. The summed E-state index contributed by atoms with van der Waals surface area (Å²) in [4.78, 5) is 23.5. The normalized spacial score (nSPS) is 32.5. The van der Waals surface area contributed by atoms with E-state index in [0.29, 0.717) is 4.90 Å². The Morgan fingerprint density at radius 3 is 2.47 bits per heavy atom. The lowest BCUT2D eigenvalue weighted by molar-refractivity contribution is -0.149. The van der Waals surface area contributed by atoms with Crippen molar-refractivity contribution in [2.45, 2.75) is 50.5 Å². The van der Waals surface area contributed by atoms with Gasteiger partial charge in [0.1, 0.15) is 17.7 Å². The van der Waals surface area contributed by atoms with E-state index in [1.807, 2.05) is 0 Å². The SMILES string of the molecule is CC(C)(C)OC(=O)N1[C@H](C(=O)O)CO[C@@H]2[C@@H]1C2(F)F. The summed E-state index contributed by atoms with van der Waals surface area (Å²) >= 11 is 0. The molecule has 0 spiro atoms. The fourth-order valence-corrected chi connectivity index (χ4v) is 2.03. The summed E-state index contributed by atoms with van der Waals surface area (Å²) in [6.07, 6.45) is -2.49. The molecule has 8 heteroatoms. The number of hydrogen-bond donors (Lipinski definition) is 1. The number of nitrogens with zero attached hydrogens (tertiary/aromatic N) is 1. The first kappa shape index (κ1) is 14.0. The lowest BCUT2D eigenvalue weighted by Gasteiger charge is -2.33. The molecule has 1 saturated carbocycles. The molecular weight excluding hydrogens is 264 g/mol. The average Bonchev–Trinajstić information content (AvgIpc) is 2.78. The number of carboxylic acid groups (broad SMARTS) is 1. The minimum atomic E-state index is -3.22. The monoisotopic (exact) mass is 279 g/mol. The first-order valence-electron chi connectivity index (χ1n) is 5.79. The molecule has 1 amide bonds. The maximum absolute atomic E-state index is 13.4. The Morgan fingerprint density at radius 1 is 1.42 bits per heavy atom. The van der Waals surface area contributed by atoms with Gasteiger partial charge in [-0.3, -0.25) is 4.90 Å². The molecule has 0 bridgehead atoms. The maximum atomic E-state index is 13.4. The zero-order chi connectivity index (χ0) is 14.6. The van der Waals surface area contributed by atoms with Gasteiger partial charge in [-0.05, 0) is 20.8 Å². The highest BCUT2D eigenvalue weighted by molar-refractivity contribution is 5.81. The maximum Gasteiger partial charge on any atom is 0.411 e. The third kappa shape index (κ3) is 2.36. The van der Waals surface area contributed by atoms with Crippen LogP contribution in [-0.4, -0.2) is 58.4 Å². The second-order valence-corrected chi connectivity index (χ2v) is 5.61. The molecule has 2 rings (SSSR count). The molecule has 0 unspecified atom stereocenters. The lowest BCUT2D eigenvalue weighted by atomic mass is 10.2. The smallest absolute Gasteiger partial charge is 0.411 e. The van der Waals surface area contributed by atoms with Crippen LogP contribution in [0.1, 0.15) is 20.8 Å². The van der Waals surface area contributed by atoms with Gasteiger partial charge in [0.2, 0.25) is 0 Å². The standard InChI is InChI=1S/C11H15F2NO5/c1-10(2,3)19-9(17)14-5(8(15)16)4-18-7-6(14)11(7,12)13/h5-7H,4H2,1-3H3,(H,15,16)/t5-,6+,7+/m0/s1. The van der Waals surface area contributed by atoms with Crippen LogP contribution in [0.5, 0.6) is 0 Å². The van der Waals surface area contributed by atoms with E-state index in [0.717, 1.165) is 0 Å². The molecule has 1 heterocycles. The van der Waals surface area contributed by atoms with Gasteiger partial charge in [0.25, 0.3) is 5.92 Å². The Balaban J connectivity index is 2.22. The summed E-state index contributed by atoms with van der Waals surface area (Å²) < 4.78 is 36.6. The molecule has 2 fully saturated rings. The predicted octanol–water partition coefficient (Wildman–Crippen LogP) is 1.09. The number of halogens is 2. The van der Waals surface area contributed by atoms with Crippen LogP contribution in [0.4, 0.5) is 13.6 Å². The number of amides is 1. The molecule has 1 N–H and O–H groups in total. The molecule has 2 aliphatic rings. The number of carboxylic acids is 1. The zero-order valence-electron chi connectivity index (χ0n) is 10.7. The van der Waals surface area contributed by atoms with E-state index in [-0.39, 0.29) is 0 Å². The van der Waals surface area contributed by atoms with E-state index in [4.69, 9.17) is 14.6 Å². The third-order valence-corrected chi connectivity index (χ3v) is 2.91. The Bertz CT molecular complexity index is 420. The van der Waals surface area contributed by atoms with E-state index in [1.165, 1.54) is 0 Å². The van der Waals surface area contributed by atoms with Crippen LogP contribution in [0.3, 0.4) is 0 Å². The minimum absolute atomic E-state index is 0.467. The van der Waals surface area contributed by atoms with Crippen LogP contribution >= 0.6 is 0 Å². The summed E-state index contributed by atoms with van der Waals surface area (Å²) in [7, 11) is 0. The van der Waals surface area contributed by atoms with Gasteiger partial charge in [0, 0.05) is 0 Å². The van der Waals surface area contributed by atoms with Crippen LogP contribution in [0.15, 0.2) is 0 Å². The summed E-state index contributed by atoms with van der Waals surface area (Å²) in [6.45, 7) is 4.25. The van der Waals surface area contributed by atoms with Crippen molar-refractivity contribution >= 4 is 12.1 Å². The highest BCUT2D eigenvalue weighted by atomic mass is 19.3. The molecule has 6 nitrogen and oxygen atoms in total. The second kappa shape index (κ2) is 4.03. The number of morpholine rings is 1. The predicted molar refractivity (Wildman–Crippen MR) is 58.0 cm³/mol. The summed E-state index contributed by atoms with van der Waals surface area (Å²) in [5, 5.41) is 8.99. The summed E-state index contributed by atoms with van der Waals surface area (Å²) in [6, 6.07) is -3.01. The summed E-state index contributed by atoms with van der Waals surface area (Å²) in [5.74, 6) is -4.62. The molecule has 0 radical (unpaired) electrons. The van der Waals surface area contributed by atoms with Crippen molar-refractivity contribution in [1.82, 2.24) is 4.90 Å². The van der Waals surface area contributed by atoms with E-state index in [1.54, 1.807) is 20.8 Å². The van der Waals surface area contributed by atoms with Gasteiger partial charge in [0.05, 0.1) is 6.61 Å². The molecular formula is C11H15F2NO5. The zero-order valence-corrected chi connectivity index (χ0v) is 10.7. The van der Waals surface area contributed by atoms with Crippen LogP contribution in [0, 0.1) is 0 Å². The largest absolute Gasteiger partial charge is 0.480 e. The van der Waals surface area contributed by atoms with Crippen molar-refractivity contribution < 1.29 is 33.0 Å². The number of fused-ring (bicyclic) bond motifs is 1. The highest BCUT2D eigenvalue weighted by Gasteiger charge is 2.77. The van der Waals surface area contributed by atoms with Crippen molar-refractivity contribution in [2.75, 3.05) is 6.61 Å². The molecule has 0 aromatic rings. The topological polar surface area (TPSA) is 76.1 Å². The van der Waals surface area contributed by atoms with Gasteiger partial charge in [-0.15, -0.1) is 0 Å². The van der Waals surface area contributed by atoms with Crippen molar-refractivity contribution in [3.63, 3.8) is 0 Å². The average molecular weight is 279 g/mol. The number of hydrogen-bond acceptors (Lipinski definition) is 4. The number of rotatable bonds is 1. The lowest BCUT2D eigenvalue weighted by Crippen LogP contribution is -2.54. The molecule has 108 valence electrons. The van der Waals surface area contributed by atoms with Gasteiger partial charge in [-0.2, -0.15) is 0 Å². The Kier molecular flexibility index (Phi) is 2.96. The number of carbonyl (C=O) groups excluding carboxylic acids is 1. The Labute approximate surface area is 108 Å². The van der Waals surface area contributed by atoms with Gasteiger partial charge in [-0.1, -0.05) is 0 Å². The van der Waals surface area contributed by atoms with Crippen LogP contribution in [-0.2, 0) is 14.3 Å². The van der Waals surface area contributed by atoms with Crippen LogP contribution in [0.2, 0.25) is 0 Å². The molecule has 19 heavy (non-hydrogen) atoms. The molecule has 0 aromatic carbocycles. The van der Waals surface area contributed by atoms with E-state index >= 15 is 0 Å². The van der Waals surface area contributed by atoms with Crippen molar-refractivity contribution in [2.24, 2.45) is 0 Å². The van der Waals surface area contributed by atoms with Crippen molar-refractivity contribution in [1.29, 1.82) is 0 Å². The third-order valence-electron chi connectivity index (χ3n) is 2.91. The first-order valence-corrected chi connectivity index (χ1v) is 5.79. The summed E-state index contributed by atoms with van der Waals surface area (Å²) in [5.41, 5.74) is -0.891. The van der Waals surface area contributed by atoms with Gasteiger partial charge in [-0.25, -0.2) is 18.4 Å². The fourth-order valence-electron chi connectivity index (χ4n) is 2.03. The Hall–Kier alpha value is -1.44. The fraction of sp³-hybridized carbons (Fsp3) is 0.818. The van der Waals surface area contributed by atoms with Gasteiger partial charge in [0.15, 0.2) is 6.04 Å². The second-order valence-electron chi connectivity index (χ2n) is 5.61. The van der Waals surface area contributed by atoms with Crippen molar-refractivity contribution in [3.05, 3.63) is 0 Å². The van der Waals surface area contributed by atoms with Gasteiger partial charge >= 0.3 is 12.1 Å². The highest BCUT2D eigenvalue weighted by Crippen LogP contribution is 2.51.